The highest BCUT2D eigenvalue weighted by Gasteiger charge is 2.26. The molecule has 0 atom stereocenters. The van der Waals surface area contributed by atoms with E-state index in [0.29, 0.717) is 23.9 Å². The van der Waals surface area contributed by atoms with Gasteiger partial charge in [0.15, 0.2) is 10.8 Å². The van der Waals surface area contributed by atoms with Crippen molar-refractivity contribution in [2.45, 2.75) is 19.3 Å². The van der Waals surface area contributed by atoms with Crippen LogP contribution in [0.5, 0.6) is 0 Å². The summed E-state index contributed by atoms with van der Waals surface area (Å²) in [6.45, 7) is 1.21. The van der Waals surface area contributed by atoms with Gasteiger partial charge in [-0.3, -0.25) is 9.69 Å². The summed E-state index contributed by atoms with van der Waals surface area (Å²) in [6.07, 6.45) is 5.82. The molecule has 3 heterocycles. The number of hydrogen-bond donors (Lipinski definition) is 1. The Morgan fingerprint density at radius 2 is 2.11 bits per heavy atom. The van der Waals surface area contributed by atoms with E-state index in [1.165, 1.54) is 23.5 Å². The van der Waals surface area contributed by atoms with Crippen molar-refractivity contribution in [3.8, 4) is 0 Å². The monoisotopic (exact) mass is 383 g/mol. The molecule has 138 valence electrons. The molecule has 27 heavy (non-hydrogen) atoms. The molecular formula is C19H18FN5OS. The fourth-order valence-electron chi connectivity index (χ4n) is 3.03. The quantitative estimate of drug-likeness (QED) is 0.733. The largest absolute Gasteiger partial charge is 0.350 e. The standard InChI is InChI=1S/C19H18FN5OS/c20-14-5-1-4-13(12-14)7-10-21-17(26)18-24-16-15(27-18)6-2-11-25(16)19-22-8-3-9-23-19/h1,3-5,8-9,12H,2,6-7,10-11H2,(H,21,26). The highest BCUT2D eigenvalue weighted by Crippen LogP contribution is 2.34. The fraction of sp³-hybridized carbons (Fsp3) is 0.263. The molecule has 1 aromatic carbocycles. The van der Waals surface area contributed by atoms with Gasteiger partial charge in [-0.2, -0.15) is 0 Å². The van der Waals surface area contributed by atoms with Crippen LogP contribution >= 0.6 is 11.3 Å². The predicted molar refractivity (Wildman–Crippen MR) is 102 cm³/mol. The highest BCUT2D eigenvalue weighted by atomic mass is 32.1. The smallest absolute Gasteiger partial charge is 0.280 e. The summed E-state index contributed by atoms with van der Waals surface area (Å²) in [5.41, 5.74) is 0.848. The summed E-state index contributed by atoms with van der Waals surface area (Å²) >= 11 is 1.41. The molecule has 0 radical (unpaired) electrons. The number of carbonyl (C=O) groups is 1. The topological polar surface area (TPSA) is 71.0 Å². The van der Waals surface area contributed by atoms with Crippen molar-refractivity contribution in [1.29, 1.82) is 0 Å². The van der Waals surface area contributed by atoms with Crippen LogP contribution in [0.25, 0.3) is 0 Å². The first kappa shape index (κ1) is 17.5. The van der Waals surface area contributed by atoms with Crippen molar-refractivity contribution >= 4 is 29.0 Å². The molecule has 0 bridgehead atoms. The second kappa shape index (κ2) is 7.79. The van der Waals surface area contributed by atoms with Crippen molar-refractivity contribution < 1.29 is 9.18 Å². The summed E-state index contributed by atoms with van der Waals surface area (Å²) in [7, 11) is 0. The molecule has 0 fully saturated rings. The summed E-state index contributed by atoms with van der Waals surface area (Å²) in [4.78, 5) is 28.6. The molecule has 8 heteroatoms. The molecule has 0 aliphatic carbocycles. The maximum atomic E-state index is 13.2. The van der Waals surface area contributed by atoms with Gasteiger partial charge < -0.3 is 5.32 Å². The molecule has 3 aromatic rings. The normalized spacial score (nSPS) is 13.3. The lowest BCUT2D eigenvalue weighted by atomic mass is 10.1. The maximum absolute atomic E-state index is 13.2. The minimum atomic E-state index is -0.269. The SMILES string of the molecule is O=C(NCCc1cccc(F)c1)c1nc2c(s1)CCCN2c1ncccn1. The van der Waals surface area contributed by atoms with Crippen LogP contribution in [0.4, 0.5) is 16.2 Å². The average molecular weight is 383 g/mol. The van der Waals surface area contributed by atoms with E-state index >= 15 is 0 Å². The predicted octanol–water partition coefficient (Wildman–Crippen LogP) is 3.13. The average Bonchev–Trinajstić information content (AvgIpc) is 3.13. The lowest BCUT2D eigenvalue weighted by molar-refractivity contribution is 0.0954. The third-order valence-electron chi connectivity index (χ3n) is 4.29. The maximum Gasteiger partial charge on any atom is 0.280 e. The van der Waals surface area contributed by atoms with E-state index in [2.05, 4.69) is 20.3 Å². The fourth-order valence-corrected chi connectivity index (χ4v) is 4.06. The van der Waals surface area contributed by atoms with Crippen molar-refractivity contribution in [2.24, 2.45) is 0 Å². The number of nitrogens with zero attached hydrogens (tertiary/aromatic N) is 4. The van der Waals surface area contributed by atoms with Crippen LogP contribution in [0.3, 0.4) is 0 Å². The molecule has 1 amide bonds. The minimum absolute atomic E-state index is 0.209. The molecule has 2 aromatic heterocycles. The number of benzene rings is 1. The molecule has 0 saturated heterocycles. The first-order chi connectivity index (χ1) is 13.2. The van der Waals surface area contributed by atoms with E-state index in [1.807, 2.05) is 11.0 Å². The van der Waals surface area contributed by atoms with Crippen LogP contribution in [0.1, 0.15) is 26.7 Å². The molecule has 1 aliphatic heterocycles. The number of nitrogens with one attached hydrogen (secondary N) is 1. The summed E-state index contributed by atoms with van der Waals surface area (Å²) in [5, 5.41) is 3.30. The number of aryl methyl sites for hydroxylation is 1. The van der Waals surface area contributed by atoms with Gasteiger partial charge in [0, 0.05) is 30.4 Å². The lowest BCUT2D eigenvalue weighted by Gasteiger charge is -2.25. The number of fused-ring (bicyclic) bond motifs is 1. The number of amides is 1. The third-order valence-corrected chi connectivity index (χ3v) is 5.40. The van der Waals surface area contributed by atoms with Crippen LogP contribution in [0, 0.1) is 5.82 Å². The summed E-state index contributed by atoms with van der Waals surface area (Å²) in [6, 6.07) is 8.17. The van der Waals surface area contributed by atoms with Crippen LogP contribution in [0.15, 0.2) is 42.7 Å². The molecule has 0 unspecified atom stereocenters. The van der Waals surface area contributed by atoms with E-state index in [9.17, 15) is 9.18 Å². The van der Waals surface area contributed by atoms with Crippen LogP contribution < -0.4 is 10.2 Å². The highest BCUT2D eigenvalue weighted by molar-refractivity contribution is 7.14. The Balaban J connectivity index is 1.44. The van der Waals surface area contributed by atoms with E-state index in [-0.39, 0.29) is 11.7 Å². The molecule has 1 aliphatic rings. The zero-order valence-corrected chi connectivity index (χ0v) is 15.4. The summed E-state index contributed by atoms with van der Waals surface area (Å²) in [5.74, 6) is 0.893. The Bertz CT molecular complexity index is 946. The first-order valence-electron chi connectivity index (χ1n) is 8.77. The van der Waals surface area contributed by atoms with E-state index in [0.717, 1.165) is 35.6 Å². The van der Waals surface area contributed by atoms with E-state index < -0.39 is 0 Å². The van der Waals surface area contributed by atoms with Gasteiger partial charge in [-0.1, -0.05) is 12.1 Å². The van der Waals surface area contributed by atoms with E-state index in [1.54, 1.807) is 24.5 Å². The zero-order chi connectivity index (χ0) is 18.6. The minimum Gasteiger partial charge on any atom is -0.350 e. The number of aromatic nitrogens is 3. The Kier molecular flexibility index (Phi) is 5.06. The second-order valence-electron chi connectivity index (χ2n) is 6.21. The Morgan fingerprint density at radius 1 is 1.26 bits per heavy atom. The van der Waals surface area contributed by atoms with Crippen molar-refractivity contribution in [2.75, 3.05) is 18.0 Å². The van der Waals surface area contributed by atoms with Gasteiger partial charge in [0.25, 0.3) is 5.91 Å². The first-order valence-corrected chi connectivity index (χ1v) is 9.59. The van der Waals surface area contributed by atoms with Gasteiger partial charge in [0.1, 0.15) is 5.82 Å². The molecule has 4 rings (SSSR count). The van der Waals surface area contributed by atoms with E-state index in [4.69, 9.17) is 0 Å². The van der Waals surface area contributed by atoms with Crippen LogP contribution in [-0.4, -0.2) is 33.9 Å². The molecular weight excluding hydrogens is 365 g/mol. The number of thiazole rings is 1. The second-order valence-corrected chi connectivity index (χ2v) is 7.29. The Hall–Kier alpha value is -2.87. The van der Waals surface area contributed by atoms with Gasteiger partial charge in [-0.05, 0) is 43.0 Å². The number of rotatable bonds is 5. The molecule has 0 saturated carbocycles. The zero-order valence-electron chi connectivity index (χ0n) is 14.6. The summed E-state index contributed by atoms with van der Waals surface area (Å²) < 4.78 is 13.2. The van der Waals surface area contributed by atoms with Gasteiger partial charge in [0.05, 0.1) is 0 Å². The number of halogens is 1. The van der Waals surface area contributed by atoms with Gasteiger partial charge in [-0.15, -0.1) is 11.3 Å². The molecule has 0 spiro atoms. The van der Waals surface area contributed by atoms with Crippen LogP contribution in [-0.2, 0) is 12.8 Å². The number of hydrogen-bond acceptors (Lipinski definition) is 6. The van der Waals surface area contributed by atoms with Crippen molar-refractivity contribution in [3.05, 3.63) is 64.0 Å². The third kappa shape index (κ3) is 3.95. The Labute approximate surface area is 160 Å². The molecule has 6 nitrogen and oxygen atoms in total. The number of anilines is 2. The number of carbonyl (C=O) groups excluding carboxylic acids is 1. The molecule has 1 N–H and O–H groups in total. The van der Waals surface area contributed by atoms with Crippen LogP contribution in [0.2, 0.25) is 0 Å². The van der Waals surface area contributed by atoms with Gasteiger partial charge in [0.2, 0.25) is 5.95 Å². The Morgan fingerprint density at radius 3 is 2.93 bits per heavy atom. The van der Waals surface area contributed by atoms with Crippen molar-refractivity contribution in [1.82, 2.24) is 20.3 Å². The van der Waals surface area contributed by atoms with Gasteiger partial charge in [-0.25, -0.2) is 19.3 Å². The van der Waals surface area contributed by atoms with Gasteiger partial charge >= 0.3 is 0 Å². The van der Waals surface area contributed by atoms with Crippen molar-refractivity contribution in [3.63, 3.8) is 0 Å². The lowest BCUT2D eigenvalue weighted by Crippen LogP contribution is -2.27.